The Hall–Kier alpha value is -2.58. The Morgan fingerprint density at radius 2 is 1.64 bits per heavy atom. The number of hydrogen-bond acceptors (Lipinski definition) is 5. The molecule has 1 aromatic carbocycles. The second kappa shape index (κ2) is 7.44. The summed E-state index contributed by atoms with van der Waals surface area (Å²) in [6, 6.07) is 7.94. The van der Waals surface area contributed by atoms with E-state index >= 15 is 0 Å². The fourth-order valence-electron chi connectivity index (χ4n) is 3.70. The summed E-state index contributed by atoms with van der Waals surface area (Å²) in [4.78, 5) is 33.6. The van der Waals surface area contributed by atoms with Crippen LogP contribution in [0.1, 0.15) is 0 Å². The number of anilines is 1. The molecule has 4 rings (SSSR count). The molecule has 8 nitrogen and oxygen atoms in total. The van der Waals surface area contributed by atoms with Crippen LogP contribution < -0.4 is 16.1 Å². The van der Waals surface area contributed by atoms with Gasteiger partial charge in [-0.2, -0.15) is 0 Å². The first-order valence-corrected chi connectivity index (χ1v) is 9.67. The summed E-state index contributed by atoms with van der Waals surface area (Å²) in [6.45, 7) is 5.28. The minimum atomic E-state index is -0.360. The van der Waals surface area contributed by atoms with E-state index in [-0.39, 0.29) is 11.2 Å². The quantitative estimate of drug-likeness (QED) is 0.649. The van der Waals surface area contributed by atoms with Crippen LogP contribution in [-0.4, -0.2) is 56.3 Å². The Morgan fingerprint density at radius 1 is 0.964 bits per heavy atom. The number of imidazole rings is 1. The van der Waals surface area contributed by atoms with Crippen molar-refractivity contribution in [1.29, 1.82) is 0 Å². The molecule has 0 N–H and O–H groups in total. The van der Waals surface area contributed by atoms with Crippen LogP contribution in [0.2, 0.25) is 5.02 Å². The lowest BCUT2D eigenvalue weighted by atomic mass is 10.2. The van der Waals surface area contributed by atoms with E-state index in [1.54, 1.807) is 13.4 Å². The van der Waals surface area contributed by atoms with Gasteiger partial charge in [-0.3, -0.25) is 18.8 Å². The number of aromatic nitrogens is 4. The molecule has 0 saturated carbocycles. The van der Waals surface area contributed by atoms with Gasteiger partial charge < -0.3 is 9.47 Å². The number of fused-ring (bicyclic) bond motifs is 1. The van der Waals surface area contributed by atoms with Crippen molar-refractivity contribution in [1.82, 2.24) is 23.6 Å². The topological polar surface area (TPSA) is 68.3 Å². The van der Waals surface area contributed by atoms with Crippen LogP contribution in [0.3, 0.4) is 0 Å². The predicted octanol–water partition coefficient (Wildman–Crippen LogP) is 0.909. The van der Waals surface area contributed by atoms with Gasteiger partial charge in [-0.25, -0.2) is 9.78 Å². The predicted molar refractivity (Wildman–Crippen MR) is 110 cm³/mol. The average molecular weight is 403 g/mol. The highest BCUT2D eigenvalue weighted by Gasteiger charge is 2.18. The molecule has 0 radical (unpaired) electrons. The number of aryl methyl sites for hydroxylation is 1. The molecule has 1 fully saturated rings. The Balaban J connectivity index is 1.43. The van der Waals surface area contributed by atoms with Crippen molar-refractivity contribution in [3.63, 3.8) is 0 Å². The number of piperazine rings is 1. The van der Waals surface area contributed by atoms with Crippen molar-refractivity contribution >= 4 is 28.5 Å². The van der Waals surface area contributed by atoms with Crippen molar-refractivity contribution in [3.8, 4) is 0 Å². The standard InChI is InChI=1S/C19H23ClN6O2/c1-22-17-16(18(27)23(2)19(22)28)26(13-21-17)12-9-24-7-10-25(11-8-24)15-5-3-14(20)4-6-15/h3-6,13H,7-12H2,1-2H3. The van der Waals surface area contributed by atoms with Crippen LogP contribution in [0.15, 0.2) is 40.2 Å². The van der Waals surface area contributed by atoms with Gasteiger partial charge in [-0.05, 0) is 24.3 Å². The van der Waals surface area contributed by atoms with E-state index in [4.69, 9.17) is 11.6 Å². The molecule has 9 heteroatoms. The maximum absolute atomic E-state index is 12.5. The van der Waals surface area contributed by atoms with Gasteiger partial charge in [0, 0.05) is 64.1 Å². The average Bonchev–Trinajstić information content (AvgIpc) is 3.14. The van der Waals surface area contributed by atoms with Crippen molar-refractivity contribution in [2.24, 2.45) is 14.1 Å². The first-order chi connectivity index (χ1) is 13.5. The highest BCUT2D eigenvalue weighted by molar-refractivity contribution is 6.30. The number of halogens is 1. The van der Waals surface area contributed by atoms with Crippen LogP contribution in [0.4, 0.5) is 5.69 Å². The van der Waals surface area contributed by atoms with Crippen molar-refractivity contribution in [3.05, 3.63) is 56.5 Å². The summed E-state index contributed by atoms with van der Waals surface area (Å²) in [5, 5.41) is 0.749. The number of nitrogens with zero attached hydrogens (tertiary/aromatic N) is 6. The van der Waals surface area contributed by atoms with Gasteiger partial charge in [-0.1, -0.05) is 11.6 Å². The minimum absolute atomic E-state index is 0.303. The SMILES string of the molecule is Cn1c(=O)c2c(ncn2CCN2CCN(c3ccc(Cl)cc3)CC2)n(C)c1=O. The van der Waals surface area contributed by atoms with Gasteiger partial charge in [-0.15, -0.1) is 0 Å². The number of hydrogen-bond donors (Lipinski definition) is 0. The fraction of sp³-hybridized carbons (Fsp3) is 0.421. The third-order valence-corrected chi connectivity index (χ3v) is 5.69. The van der Waals surface area contributed by atoms with E-state index in [9.17, 15) is 9.59 Å². The maximum Gasteiger partial charge on any atom is 0.332 e. The number of rotatable bonds is 4. The molecule has 2 aromatic heterocycles. The molecule has 3 heterocycles. The molecule has 3 aromatic rings. The molecule has 1 aliphatic heterocycles. The smallest absolute Gasteiger partial charge is 0.332 e. The summed E-state index contributed by atoms with van der Waals surface area (Å²) in [5.41, 5.74) is 1.43. The normalized spacial score (nSPS) is 15.5. The molecule has 1 saturated heterocycles. The second-order valence-corrected chi connectivity index (χ2v) is 7.56. The van der Waals surface area contributed by atoms with Crippen LogP contribution in [0, 0.1) is 0 Å². The zero-order chi connectivity index (χ0) is 19.8. The molecule has 0 amide bonds. The minimum Gasteiger partial charge on any atom is -0.369 e. The van der Waals surface area contributed by atoms with Gasteiger partial charge in [0.15, 0.2) is 11.2 Å². The summed E-state index contributed by atoms with van der Waals surface area (Å²) in [7, 11) is 3.13. The van der Waals surface area contributed by atoms with Gasteiger partial charge in [0.25, 0.3) is 5.56 Å². The lowest BCUT2D eigenvalue weighted by Gasteiger charge is -2.36. The van der Waals surface area contributed by atoms with E-state index in [2.05, 4.69) is 26.9 Å². The Labute approximate surface area is 167 Å². The zero-order valence-electron chi connectivity index (χ0n) is 16.0. The van der Waals surface area contributed by atoms with Crippen molar-refractivity contribution in [2.75, 3.05) is 37.6 Å². The fourth-order valence-corrected chi connectivity index (χ4v) is 3.82. The molecule has 148 valence electrons. The Morgan fingerprint density at radius 3 is 2.32 bits per heavy atom. The van der Waals surface area contributed by atoms with Gasteiger partial charge in [0.1, 0.15) is 0 Å². The van der Waals surface area contributed by atoms with Crippen molar-refractivity contribution in [2.45, 2.75) is 6.54 Å². The van der Waals surface area contributed by atoms with Crippen LogP contribution in [-0.2, 0) is 20.6 Å². The summed E-state index contributed by atoms with van der Waals surface area (Å²) in [6.07, 6.45) is 1.65. The summed E-state index contributed by atoms with van der Waals surface area (Å²) in [5.74, 6) is 0. The van der Waals surface area contributed by atoms with E-state index in [0.717, 1.165) is 42.3 Å². The van der Waals surface area contributed by atoms with Crippen LogP contribution in [0.5, 0.6) is 0 Å². The van der Waals surface area contributed by atoms with E-state index in [1.165, 1.54) is 17.3 Å². The Bertz CT molecular complexity index is 1110. The molecule has 0 spiro atoms. The third kappa shape index (κ3) is 3.33. The summed E-state index contributed by atoms with van der Waals surface area (Å²) >= 11 is 5.97. The highest BCUT2D eigenvalue weighted by atomic mass is 35.5. The number of benzene rings is 1. The monoisotopic (exact) mass is 402 g/mol. The third-order valence-electron chi connectivity index (χ3n) is 5.44. The molecule has 0 bridgehead atoms. The molecular weight excluding hydrogens is 380 g/mol. The summed E-state index contributed by atoms with van der Waals surface area (Å²) < 4.78 is 4.40. The first-order valence-electron chi connectivity index (χ1n) is 9.29. The van der Waals surface area contributed by atoms with E-state index in [1.807, 2.05) is 16.7 Å². The second-order valence-electron chi connectivity index (χ2n) is 7.12. The van der Waals surface area contributed by atoms with Crippen molar-refractivity contribution < 1.29 is 0 Å². The molecule has 1 aliphatic rings. The van der Waals surface area contributed by atoms with E-state index in [0.29, 0.717) is 17.7 Å². The van der Waals surface area contributed by atoms with Crippen LogP contribution >= 0.6 is 11.6 Å². The lowest BCUT2D eigenvalue weighted by Crippen LogP contribution is -2.47. The van der Waals surface area contributed by atoms with Gasteiger partial charge >= 0.3 is 5.69 Å². The molecule has 0 aliphatic carbocycles. The van der Waals surface area contributed by atoms with E-state index < -0.39 is 0 Å². The molecular formula is C19H23ClN6O2. The van der Waals surface area contributed by atoms with Crippen LogP contribution in [0.25, 0.3) is 11.2 Å². The zero-order valence-corrected chi connectivity index (χ0v) is 16.8. The Kier molecular flexibility index (Phi) is 4.99. The molecule has 0 unspecified atom stereocenters. The largest absolute Gasteiger partial charge is 0.369 e. The highest BCUT2D eigenvalue weighted by Crippen LogP contribution is 2.19. The first kappa shape index (κ1) is 18.8. The molecule has 0 atom stereocenters. The van der Waals surface area contributed by atoms with Gasteiger partial charge in [0.2, 0.25) is 0 Å². The maximum atomic E-state index is 12.5. The van der Waals surface area contributed by atoms with Gasteiger partial charge in [0.05, 0.1) is 6.33 Å². The molecule has 28 heavy (non-hydrogen) atoms. The lowest BCUT2D eigenvalue weighted by molar-refractivity contribution is 0.249.